The average molecular weight is 351 g/mol. The number of nitrogens with one attached hydrogen (secondary N) is 1. The van der Waals surface area contributed by atoms with Crippen molar-refractivity contribution < 1.29 is 0 Å². The number of H-pyrrole nitrogens is 1. The molecule has 0 radical (unpaired) electrons. The lowest BCUT2D eigenvalue weighted by atomic mass is 10.2. The number of hydrogen-bond acceptors (Lipinski definition) is 6. The van der Waals surface area contributed by atoms with E-state index in [1.807, 2.05) is 15.9 Å². The number of hydrogen-bond donors (Lipinski definition) is 1. The van der Waals surface area contributed by atoms with Crippen LogP contribution in [0.3, 0.4) is 0 Å². The molecule has 7 nitrogen and oxygen atoms in total. The Bertz CT molecular complexity index is 823. The summed E-state index contributed by atoms with van der Waals surface area (Å²) < 4.78 is 0. The van der Waals surface area contributed by atoms with E-state index >= 15 is 0 Å². The fourth-order valence-corrected chi connectivity index (χ4v) is 2.97. The lowest BCUT2D eigenvalue weighted by molar-refractivity contribution is 0.645. The number of halogens is 2. The van der Waals surface area contributed by atoms with Crippen molar-refractivity contribution in [3.63, 3.8) is 0 Å². The van der Waals surface area contributed by atoms with Crippen LogP contribution in [0.5, 0.6) is 0 Å². The van der Waals surface area contributed by atoms with Crippen LogP contribution in [0.2, 0.25) is 10.0 Å². The topological polar surface area (TPSA) is 88.9 Å². The molecule has 0 aromatic carbocycles. The Morgan fingerprint density at radius 3 is 2.52 bits per heavy atom. The predicted molar refractivity (Wildman–Crippen MR) is 88.3 cm³/mol. The molecule has 3 rings (SSSR count). The van der Waals surface area contributed by atoms with E-state index in [0.29, 0.717) is 48.3 Å². The second-order valence-corrected chi connectivity index (χ2v) is 5.80. The minimum Gasteiger partial charge on any atom is -0.365 e. The van der Waals surface area contributed by atoms with Gasteiger partial charge in [0.1, 0.15) is 16.9 Å². The van der Waals surface area contributed by atoms with Gasteiger partial charge in [-0.1, -0.05) is 23.2 Å². The summed E-state index contributed by atoms with van der Waals surface area (Å²) in [5.74, 6) is 0.653. The van der Waals surface area contributed by atoms with E-state index in [2.05, 4.69) is 15.2 Å². The minimum absolute atomic E-state index is 0.142. The Morgan fingerprint density at radius 2 is 1.87 bits per heavy atom. The van der Waals surface area contributed by atoms with Gasteiger partial charge in [0.15, 0.2) is 0 Å². The van der Waals surface area contributed by atoms with Crippen molar-refractivity contribution in [3.05, 3.63) is 44.4 Å². The Hall–Kier alpha value is -2.30. The van der Waals surface area contributed by atoms with Crippen LogP contribution in [-0.4, -0.2) is 41.4 Å². The van der Waals surface area contributed by atoms with Crippen molar-refractivity contribution in [1.29, 1.82) is 5.26 Å². The Kier molecular flexibility index (Phi) is 4.37. The van der Waals surface area contributed by atoms with Gasteiger partial charge >= 0.3 is 0 Å². The van der Waals surface area contributed by atoms with Crippen LogP contribution in [-0.2, 0) is 0 Å². The molecule has 0 unspecified atom stereocenters. The number of nitrogens with zero attached hydrogens (tertiary/aromatic N) is 5. The molecule has 2 aromatic rings. The van der Waals surface area contributed by atoms with E-state index in [-0.39, 0.29) is 5.02 Å². The number of aromatic amines is 1. The molecule has 3 heterocycles. The summed E-state index contributed by atoms with van der Waals surface area (Å²) in [7, 11) is 0. The highest BCUT2D eigenvalue weighted by Gasteiger charge is 2.22. The first kappa shape index (κ1) is 15.6. The maximum atomic E-state index is 11.5. The molecule has 0 saturated carbocycles. The second kappa shape index (κ2) is 6.44. The van der Waals surface area contributed by atoms with Crippen LogP contribution in [0.4, 0.5) is 11.5 Å². The number of rotatable bonds is 2. The maximum absolute atomic E-state index is 11.5. The smallest absolute Gasteiger partial charge is 0.285 e. The van der Waals surface area contributed by atoms with Gasteiger partial charge in [0.05, 0.1) is 22.5 Å². The Balaban J connectivity index is 1.75. The lowest BCUT2D eigenvalue weighted by Crippen LogP contribution is -2.47. The van der Waals surface area contributed by atoms with Gasteiger partial charge in [-0.05, 0) is 6.07 Å². The van der Waals surface area contributed by atoms with Crippen LogP contribution in [0.25, 0.3) is 0 Å². The minimum atomic E-state index is -0.400. The van der Waals surface area contributed by atoms with Crippen LogP contribution >= 0.6 is 23.2 Å². The van der Waals surface area contributed by atoms with E-state index in [1.54, 1.807) is 12.3 Å². The summed E-state index contributed by atoms with van der Waals surface area (Å²) in [6.45, 7) is 2.65. The first-order valence-corrected chi connectivity index (χ1v) is 7.64. The fourth-order valence-electron chi connectivity index (χ4n) is 2.48. The van der Waals surface area contributed by atoms with Gasteiger partial charge in [-0.15, -0.1) is 0 Å². The molecule has 1 saturated heterocycles. The van der Waals surface area contributed by atoms with E-state index in [9.17, 15) is 4.79 Å². The molecule has 2 aromatic heterocycles. The Labute approximate surface area is 142 Å². The Morgan fingerprint density at radius 1 is 1.17 bits per heavy atom. The quantitative estimate of drug-likeness (QED) is 0.885. The van der Waals surface area contributed by atoms with Crippen molar-refractivity contribution in [2.24, 2.45) is 0 Å². The number of aromatic nitrogens is 3. The average Bonchev–Trinajstić information content (AvgIpc) is 2.57. The largest absolute Gasteiger partial charge is 0.365 e. The van der Waals surface area contributed by atoms with Crippen molar-refractivity contribution in [2.75, 3.05) is 36.0 Å². The van der Waals surface area contributed by atoms with E-state index < -0.39 is 5.56 Å². The van der Waals surface area contributed by atoms with Crippen LogP contribution < -0.4 is 15.4 Å². The van der Waals surface area contributed by atoms with E-state index in [1.165, 1.54) is 6.20 Å². The summed E-state index contributed by atoms with van der Waals surface area (Å²) in [5.41, 5.74) is 0.649. The van der Waals surface area contributed by atoms with Gasteiger partial charge in [0.25, 0.3) is 5.56 Å². The van der Waals surface area contributed by atoms with Gasteiger partial charge in [0, 0.05) is 32.4 Å². The summed E-state index contributed by atoms with van der Waals surface area (Å²) >= 11 is 12.2. The van der Waals surface area contributed by atoms with Gasteiger partial charge in [-0.2, -0.15) is 10.4 Å². The lowest BCUT2D eigenvalue weighted by Gasteiger charge is -2.36. The van der Waals surface area contributed by atoms with Gasteiger partial charge in [0.2, 0.25) is 0 Å². The summed E-state index contributed by atoms with van der Waals surface area (Å²) in [4.78, 5) is 19.8. The molecule has 1 aliphatic heterocycles. The molecule has 23 heavy (non-hydrogen) atoms. The molecule has 0 atom stereocenters. The third-order valence-corrected chi connectivity index (χ3v) is 4.29. The van der Waals surface area contributed by atoms with Crippen molar-refractivity contribution in [1.82, 2.24) is 15.2 Å². The molecule has 0 bridgehead atoms. The fraction of sp³-hybridized carbons (Fsp3) is 0.286. The number of anilines is 2. The van der Waals surface area contributed by atoms with Gasteiger partial charge < -0.3 is 9.80 Å². The molecule has 1 N–H and O–H groups in total. The van der Waals surface area contributed by atoms with Crippen molar-refractivity contribution >= 4 is 34.7 Å². The molecule has 1 aliphatic rings. The highest BCUT2D eigenvalue weighted by atomic mass is 35.5. The predicted octanol–water partition coefficient (Wildman–Crippen LogP) is 1.67. The van der Waals surface area contributed by atoms with Gasteiger partial charge in [-0.25, -0.2) is 10.1 Å². The van der Waals surface area contributed by atoms with Crippen LogP contribution in [0.15, 0.2) is 23.3 Å². The standard InChI is InChI=1S/C14H12Cl2N6O/c15-10-5-9(6-17)7-18-13(10)22-3-1-21(2-4-22)11-8-19-20-14(23)12(11)16/h5,7-8H,1-4H2,(H,20,23). The number of pyridine rings is 1. The third kappa shape index (κ3) is 3.09. The summed E-state index contributed by atoms with van der Waals surface area (Å²) in [6.07, 6.45) is 3.05. The first-order chi connectivity index (χ1) is 11.1. The van der Waals surface area contributed by atoms with Crippen molar-refractivity contribution in [2.45, 2.75) is 0 Å². The SMILES string of the molecule is N#Cc1cnc(N2CCN(c3cn[nH]c(=O)c3Cl)CC2)c(Cl)c1. The normalized spacial score (nSPS) is 14.7. The molecule has 0 aliphatic carbocycles. The molecule has 0 amide bonds. The monoisotopic (exact) mass is 350 g/mol. The molecular formula is C14H12Cl2N6O. The van der Waals surface area contributed by atoms with E-state index in [4.69, 9.17) is 28.5 Å². The zero-order chi connectivity index (χ0) is 16.4. The summed E-state index contributed by atoms with van der Waals surface area (Å²) in [6, 6.07) is 3.62. The van der Waals surface area contributed by atoms with Crippen LogP contribution in [0, 0.1) is 11.3 Å². The van der Waals surface area contributed by atoms with Gasteiger partial charge in [-0.3, -0.25) is 4.79 Å². The molecular weight excluding hydrogens is 339 g/mol. The maximum Gasteiger partial charge on any atom is 0.285 e. The zero-order valence-corrected chi connectivity index (χ0v) is 13.5. The number of piperazine rings is 1. The molecule has 1 fully saturated rings. The summed E-state index contributed by atoms with van der Waals surface area (Å²) in [5, 5.41) is 15.5. The van der Waals surface area contributed by atoms with E-state index in [0.717, 1.165) is 0 Å². The highest BCUT2D eigenvalue weighted by molar-refractivity contribution is 6.33. The van der Waals surface area contributed by atoms with Crippen molar-refractivity contribution in [3.8, 4) is 6.07 Å². The second-order valence-electron chi connectivity index (χ2n) is 5.01. The molecule has 118 valence electrons. The van der Waals surface area contributed by atoms with Crippen LogP contribution in [0.1, 0.15) is 5.56 Å². The zero-order valence-electron chi connectivity index (χ0n) is 12.0. The molecule has 9 heteroatoms. The third-order valence-electron chi connectivity index (χ3n) is 3.65. The number of nitriles is 1. The molecule has 0 spiro atoms. The highest BCUT2D eigenvalue weighted by Crippen LogP contribution is 2.27. The first-order valence-electron chi connectivity index (χ1n) is 6.89.